The van der Waals surface area contributed by atoms with Gasteiger partial charge < -0.3 is 14.6 Å². The van der Waals surface area contributed by atoms with Crippen molar-refractivity contribution < 1.29 is 14.5 Å². The van der Waals surface area contributed by atoms with Crippen molar-refractivity contribution in [2.45, 2.75) is 6.54 Å². The fourth-order valence-corrected chi connectivity index (χ4v) is 2.34. The van der Waals surface area contributed by atoms with Gasteiger partial charge in [-0.05, 0) is 17.7 Å². The summed E-state index contributed by atoms with van der Waals surface area (Å²) in [4.78, 5) is 30.2. The minimum absolute atomic E-state index is 0.0143. The SMILES string of the molecule is COC(=O)c1cnc(Nc2ccc(Cn3ccnc3)cc2)c([N+](=O)[O-])c1. The number of pyridine rings is 1. The molecule has 2 heterocycles. The fourth-order valence-electron chi connectivity index (χ4n) is 2.34. The van der Waals surface area contributed by atoms with Gasteiger partial charge in [0.05, 0.1) is 23.9 Å². The average Bonchev–Trinajstić information content (AvgIpc) is 3.16. The van der Waals surface area contributed by atoms with Crippen molar-refractivity contribution in [2.24, 2.45) is 0 Å². The van der Waals surface area contributed by atoms with Gasteiger partial charge in [0.1, 0.15) is 0 Å². The van der Waals surface area contributed by atoms with E-state index in [9.17, 15) is 14.9 Å². The van der Waals surface area contributed by atoms with Crippen LogP contribution in [0, 0.1) is 10.1 Å². The molecule has 9 heteroatoms. The number of nitro groups is 1. The molecule has 3 rings (SSSR count). The smallest absolute Gasteiger partial charge is 0.339 e. The first-order valence-corrected chi connectivity index (χ1v) is 7.61. The van der Waals surface area contributed by atoms with Crippen LogP contribution in [-0.2, 0) is 11.3 Å². The summed E-state index contributed by atoms with van der Waals surface area (Å²) < 4.78 is 6.49. The van der Waals surface area contributed by atoms with Crippen molar-refractivity contribution in [1.29, 1.82) is 0 Å². The molecule has 0 aliphatic heterocycles. The summed E-state index contributed by atoms with van der Waals surface area (Å²) in [6.07, 6.45) is 6.53. The maximum absolute atomic E-state index is 11.5. The molecule has 0 aliphatic rings. The van der Waals surface area contributed by atoms with E-state index in [1.54, 1.807) is 24.7 Å². The Morgan fingerprint density at radius 2 is 2.12 bits per heavy atom. The molecule has 2 aromatic heterocycles. The second-order valence-corrected chi connectivity index (χ2v) is 5.40. The molecule has 1 aromatic carbocycles. The number of ether oxygens (including phenoxy) is 1. The molecular weight excluding hydrogens is 338 g/mol. The minimum atomic E-state index is -0.684. The highest BCUT2D eigenvalue weighted by atomic mass is 16.6. The van der Waals surface area contributed by atoms with Crippen molar-refractivity contribution in [2.75, 3.05) is 12.4 Å². The Hall–Kier alpha value is -3.75. The molecule has 0 unspecified atom stereocenters. The maximum Gasteiger partial charge on any atom is 0.339 e. The lowest BCUT2D eigenvalue weighted by Crippen LogP contribution is -2.06. The van der Waals surface area contributed by atoms with Crippen LogP contribution in [0.2, 0.25) is 0 Å². The minimum Gasteiger partial charge on any atom is -0.465 e. The quantitative estimate of drug-likeness (QED) is 0.412. The molecule has 26 heavy (non-hydrogen) atoms. The second-order valence-electron chi connectivity index (χ2n) is 5.40. The largest absolute Gasteiger partial charge is 0.465 e. The first-order valence-electron chi connectivity index (χ1n) is 7.61. The van der Waals surface area contributed by atoms with Crippen LogP contribution in [0.1, 0.15) is 15.9 Å². The van der Waals surface area contributed by atoms with Crippen LogP contribution in [-0.4, -0.2) is 32.5 Å². The summed E-state index contributed by atoms with van der Waals surface area (Å²) in [7, 11) is 1.20. The van der Waals surface area contributed by atoms with Crippen molar-refractivity contribution in [3.63, 3.8) is 0 Å². The molecule has 0 atom stereocenters. The normalized spacial score (nSPS) is 10.3. The van der Waals surface area contributed by atoms with Gasteiger partial charge in [-0.3, -0.25) is 10.1 Å². The zero-order valence-electron chi connectivity index (χ0n) is 13.8. The zero-order valence-corrected chi connectivity index (χ0v) is 13.8. The second kappa shape index (κ2) is 7.43. The fraction of sp³-hybridized carbons (Fsp3) is 0.118. The van der Waals surface area contributed by atoms with Crippen LogP contribution < -0.4 is 5.32 Å². The number of nitrogens with zero attached hydrogens (tertiary/aromatic N) is 4. The van der Waals surface area contributed by atoms with Gasteiger partial charge in [0.2, 0.25) is 5.82 Å². The maximum atomic E-state index is 11.5. The number of esters is 1. The molecule has 0 saturated carbocycles. The number of imidazole rings is 1. The van der Waals surface area contributed by atoms with Crippen LogP contribution in [0.4, 0.5) is 17.2 Å². The highest BCUT2D eigenvalue weighted by Gasteiger charge is 2.19. The van der Waals surface area contributed by atoms with Gasteiger partial charge in [0.15, 0.2) is 0 Å². The molecule has 0 amide bonds. The number of carbonyl (C=O) groups excluding carboxylic acids is 1. The number of hydrogen-bond donors (Lipinski definition) is 1. The topological polar surface area (TPSA) is 112 Å². The third-order valence-electron chi connectivity index (χ3n) is 3.63. The number of methoxy groups -OCH3 is 1. The predicted octanol–water partition coefficient (Wildman–Crippen LogP) is 2.76. The van der Waals surface area contributed by atoms with Gasteiger partial charge in [-0.25, -0.2) is 14.8 Å². The van der Waals surface area contributed by atoms with Crippen molar-refractivity contribution in [3.8, 4) is 0 Å². The van der Waals surface area contributed by atoms with Crippen LogP contribution in [0.3, 0.4) is 0 Å². The molecule has 0 aliphatic carbocycles. The molecular formula is C17H15N5O4. The van der Waals surface area contributed by atoms with Crippen LogP contribution in [0.25, 0.3) is 0 Å². The van der Waals surface area contributed by atoms with E-state index in [4.69, 9.17) is 0 Å². The first-order chi connectivity index (χ1) is 12.6. The number of hydrogen-bond acceptors (Lipinski definition) is 7. The molecule has 9 nitrogen and oxygen atoms in total. The molecule has 132 valence electrons. The van der Waals surface area contributed by atoms with E-state index in [0.29, 0.717) is 12.2 Å². The van der Waals surface area contributed by atoms with E-state index < -0.39 is 10.9 Å². The summed E-state index contributed by atoms with van der Waals surface area (Å²) in [6.45, 7) is 0.673. The van der Waals surface area contributed by atoms with Gasteiger partial charge in [0, 0.05) is 36.9 Å². The number of anilines is 2. The molecule has 0 spiro atoms. The molecule has 0 bridgehead atoms. The van der Waals surface area contributed by atoms with Crippen LogP contribution in [0.5, 0.6) is 0 Å². The van der Waals surface area contributed by atoms with Gasteiger partial charge in [-0.15, -0.1) is 0 Å². The predicted molar refractivity (Wildman–Crippen MR) is 93.3 cm³/mol. The van der Waals surface area contributed by atoms with E-state index in [-0.39, 0.29) is 17.1 Å². The van der Waals surface area contributed by atoms with Gasteiger partial charge in [-0.1, -0.05) is 12.1 Å². The Morgan fingerprint density at radius 1 is 1.35 bits per heavy atom. The van der Waals surface area contributed by atoms with E-state index in [1.165, 1.54) is 13.3 Å². The standard InChI is InChI=1S/C17H15N5O4/c1-26-17(23)13-8-15(22(24)25)16(19-9-13)20-14-4-2-12(3-5-14)10-21-7-6-18-11-21/h2-9,11H,10H2,1H3,(H,19,20). The molecule has 1 N–H and O–H groups in total. The number of rotatable bonds is 6. The third-order valence-corrected chi connectivity index (χ3v) is 3.63. The molecule has 0 fully saturated rings. The summed E-state index contributed by atoms with van der Waals surface area (Å²) in [5.74, 6) is -0.638. The van der Waals surface area contributed by atoms with E-state index in [1.807, 2.05) is 22.9 Å². The molecule has 3 aromatic rings. The van der Waals surface area contributed by atoms with E-state index >= 15 is 0 Å². The summed E-state index contributed by atoms with van der Waals surface area (Å²) in [5.41, 5.74) is 1.40. The Morgan fingerprint density at radius 3 is 2.73 bits per heavy atom. The molecule has 0 radical (unpaired) electrons. The van der Waals surface area contributed by atoms with Gasteiger partial charge in [-0.2, -0.15) is 0 Å². The van der Waals surface area contributed by atoms with E-state index in [0.717, 1.165) is 11.6 Å². The number of aromatic nitrogens is 3. The lowest BCUT2D eigenvalue weighted by Gasteiger charge is -2.08. The third kappa shape index (κ3) is 3.83. The lowest BCUT2D eigenvalue weighted by molar-refractivity contribution is -0.384. The van der Waals surface area contributed by atoms with E-state index in [2.05, 4.69) is 20.0 Å². The van der Waals surface area contributed by atoms with Gasteiger partial charge >= 0.3 is 11.7 Å². The highest BCUT2D eigenvalue weighted by Crippen LogP contribution is 2.26. The first kappa shape index (κ1) is 17.1. The van der Waals surface area contributed by atoms with Crippen LogP contribution in [0.15, 0.2) is 55.2 Å². The van der Waals surface area contributed by atoms with Crippen molar-refractivity contribution in [1.82, 2.24) is 14.5 Å². The summed E-state index contributed by atoms with van der Waals surface area (Å²) in [5, 5.41) is 14.2. The highest BCUT2D eigenvalue weighted by molar-refractivity contribution is 5.90. The molecule has 0 saturated heterocycles. The monoisotopic (exact) mass is 353 g/mol. The van der Waals surface area contributed by atoms with Crippen molar-refractivity contribution >= 4 is 23.2 Å². The number of nitrogens with one attached hydrogen (secondary N) is 1. The lowest BCUT2D eigenvalue weighted by atomic mass is 10.2. The summed E-state index contributed by atoms with van der Waals surface area (Å²) >= 11 is 0. The Kier molecular flexibility index (Phi) is 4.88. The Bertz CT molecular complexity index is 923. The van der Waals surface area contributed by atoms with Crippen LogP contribution >= 0.6 is 0 Å². The number of benzene rings is 1. The Labute approximate surface area is 148 Å². The van der Waals surface area contributed by atoms with Gasteiger partial charge in [0.25, 0.3) is 0 Å². The van der Waals surface area contributed by atoms with Crippen molar-refractivity contribution in [3.05, 3.63) is 76.5 Å². The Balaban J connectivity index is 1.79. The zero-order chi connectivity index (χ0) is 18.5. The number of carbonyl (C=O) groups is 1. The summed E-state index contributed by atoms with van der Waals surface area (Å²) in [6, 6.07) is 8.53. The average molecular weight is 353 g/mol.